The van der Waals surface area contributed by atoms with Crippen LogP contribution in [0.5, 0.6) is 0 Å². The number of hydrogen-bond donors (Lipinski definition) is 0. The van der Waals surface area contributed by atoms with Crippen molar-refractivity contribution in [2.45, 2.75) is 12.8 Å². The number of carbonyl (C=O) groups excluding carboxylic acids is 2. The number of ketones is 1. The molecule has 4 rings (SSSR count). The Morgan fingerprint density at radius 3 is 2.63 bits per heavy atom. The van der Waals surface area contributed by atoms with Crippen LogP contribution in [0.25, 0.3) is 5.69 Å². The number of fused-ring (bicyclic) bond motifs is 1. The predicted octanol–water partition coefficient (Wildman–Crippen LogP) is 3.29. The van der Waals surface area contributed by atoms with E-state index in [1.165, 1.54) is 21.9 Å². The summed E-state index contributed by atoms with van der Waals surface area (Å²) in [4.78, 5) is 25.5. The molecule has 1 aliphatic rings. The Balaban J connectivity index is 1.47. The van der Waals surface area contributed by atoms with Crippen LogP contribution >= 0.6 is 11.3 Å². The van der Waals surface area contributed by atoms with Gasteiger partial charge in [0.1, 0.15) is 4.88 Å². The lowest BCUT2D eigenvalue weighted by atomic mass is 9.99. The van der Waals surface area contributed by atoms with Crippen molar-refractivity contribution >= 4 is 38.8 Å². The van der Waals surface area contributed by atoms with E-state index in [2.05, 4.69) is 0 Å². The molecule has 0 fully saturated rings. The first-order valence-electron chi connectivity index (χ1n) is 9.36. The summed E-state index contributed by atoms with van der Waals surface area (Å²) < 4.78 is 32.4. The van der Waals surface area contributed by atoms with Crippen molar-refractivity contribution in [2.75, 3.05) is 23.7 Å². The molecule has 0 saturated carbocycles. The fourth-order valence-corrected chi connectivity index (χ4v) is 5.29. The number of rotatable bonds is 6. The van der Waals surface area contributed by atoms with Crippen LogP contribution < -0.4 is 4.31 Å². The highest BCUT2D eigenvalue weighted by molar-refractivity contribution is 7.92. The van der Waals surface area contributed by atoms with Gasteiger partial charge in [-0.25, -0.2) is 13.2 Å². The number of anilines is 1. The summed E-state index contributed by atoms with van der Waals surface area (Å²) in [6, 6.07) is 10.5. The van der Waals surface area contributed by atoms with Crippen LogP contribution in [0.1, 0.15) is 32.0 Å². The molecule has 7 nitrogen and oxygen atoms in total. The third-order valence-corrected chi connectivity index (χ3v) is 6.99. The number of nitrogens with zero attached hydrogens (tertiary/aromatic N) is 2. The smallest absolute Gasteiger partial charge is 0.350 e. The molecule has 1 aromatic carbocycles. The predicted molar refractivity (Wildman–Crippen MR) is 115 cm³/mol. The number of benzene rings is 1. The Morgan fingerprint density at radius 2 is 1.90 bits per heavy atom. The van der Waals surface area contributed by atoms with Gasteiger partial charge in [0.05, 0.1) is 17.6 Å². The maximum Gasteiger partial charge on any atom is 0.350 e. The maximum atomic E-state index is 12.6. The largest absolute Gasteiger partial charge is 0.453 e. The van der Waals surface area contributed by atoms with Crippen molar-refractivity contribution in [3.8, 4) is 5.69 Å². The molecule has 0 atom stereocenters. The van der Waals surface area contributed by atoms with Crippen molar-refractivity contribution in [3.63, 3.8) is 0 Å². The number of hydrogen-bond acceptors (Lipinski definition) is 6. The van der Waals surface area contributed by atoms with Gasteiger partial charge in [0, 0.05) is 24.5 Å². The molecule has 0 amide bonds. The van der Waals surface area contributed by atoms with E-state index in [1.807, 2.05) is 35.2 Å². The lowest BCUT2D eigenvalue weighted by molar-refractivity contribution is 0.0479. The third kappa shape index (κ3) is 4.03. The zero-order valence-electron chi connectivity index (χ0n) is 16.3. The summed E-state index contributed by atoms with van der Waals surface area (Å²) in [7, 11) is -3.36. The molecule has 0 spiro atoms. The molecule has 0 unspecified atom stereocenters. The normalized spacial score (nSPS) is 13.7. The molecule has 1 aliphatic heterocycles. The minimum absolute atomic E-state index is 0.332. The average Bonchev–Trinajstić information content (AvgIpc) is 3.41. The third-order valence-electron chi connectivity index (χ3n) is 4.92. The van der Waals surface area contributed by atoms with Crippen LogP contribution in [0.2, 0.25) is 0 Å². The number of esters is 1. The summed E-state index contributed by atoms with van der Waals surface area (Å²) in [5.74, 6) is -0.884. The number of sulfonamides is 1. The van der Waals surface area contributed by atoms with Crippen molar-refractivity contribution in [3.05, 3.63) is 70.2 Å². The highest BCUT2D eigenvalue weighted by Crippen LogP contribution is 2.30. The van der Waals surface area contributed by atoms with Gasteiger partial charge in [-0.3, -0.25) is 9.10 Å². The monoisotopic (exact) mass is 444 g/mol. The molecule has 0 N–H and O–H groups in total. The van der Waals surface area contributed by atoms with E-state index >= 15 is 0 Å². The van der Waals surface area contributed by atoms with Gasteiger partial charge in [0.25, 0.3) is 0 Å². The molecule has 156 valence electrons. The number of ether oxygens (including phenoxy) is 1. The number of aryl methyl sites for hydroxylation is 1. The van der Waals surface area contributed by atoms with E-state index < -0.39 is 16.0 Å². The lowest BCUT2D eigenvalue weighted by Gasteiger charge is -2.29. The quantitative estimate of drug-likeness (QED) is 0.430. The van der Waals surface area contributed by atoms with Crippen LogP contribution in [0.15, 0.2) is 54.2 Å². The molecule has 0 aliphatic carbocycles. The Hall–Kier alpha value is -2.91. The second-order valence-electron chi connectivity index (χ2n) is 7.01. The van der Waals surface area contributed by atoms with Gasteiger partial charge < -0.3 is 9.30 Å². The number of Topliss-reactive ketones (excluding diaryl/α,β-unsaturated/α-hetero) is 1. The fraction of sp³-hybridized carbons (Fsp3) is 0.238. The Kier molecular flexibility index (Phi) is 5.48. The van der Waals surface area contributed by atoms with Gasteiger partial charge in [-0.1, -0.05) is 0 Å². The molecule has 3 heterocycles. The summed E-state index contributed by atoms with van der Waals surface area (Å²) >= 11 is 1.26. The minimum Gasteiger partial charge on any atom is -0.453 e. The second-order valence-corrected chi connectivity index (χ2v) is 9.83. The Bertz CT molecular complexity index is 1200. The second kappa shape index (κ2) is 8.08. The highest BCUT2D eigenvalue weighted by atomic mass is 32.2. The Labute approximate surface area is 178 Å². The zero-order valence-corrected chi connectivity index (χ0v) is 17.9. The SMILES string of the molecule is CS(=O)(=O)N1CCCc2cc(C(=O)COC(=O)c3sccc3-n3cccc3)ccc21. The van der Waals surface area contributed by atoms with Crippen molar-refractivity contribution in [2.24, 2.45) is 0 Å². The molecular formula is C21H20N2O5S2. The minimum atomic E-state index is -3.36. The van der Waals surface area contributed by atoms with E-state index in [4.69, 9.17) is 4.74 Å². The number of aromatic nitrogens is 1. The Morgan fingerprint density at radius 1 is 1.13 bits per heavy atom. The van der Waals surface area contributed by atoms with Crippen LogP contribution in [0.4, 0.5) is 5.69 Å². The standard InChI is InChI=1S/C21H20N2O5S2/c1-30(26,27)23-11-4-5-15-13-16(6-7-17(15)23)19(24)14-28-21(25)20-18(8-12-29-20)22-9-2-3-10-22/h2-3,6-10,12-13H,4-5,11,14H2,1H3. The fourth-order valence-electron chi connectivity index (χ4n) is 3.51. The molecule has 0 radical (unpaired) electrons. The summed E-state index contributed by atoms with van der Waals surface area (Å²) in [5.41, 5.74) is 2.51. The lowest BCUT2D eigenvalue weighted by Crippen LogP contribution is -2.34. The van der Waals surface area contributed by atoms with Gasteiger partial charge in [-0.05, 0) is 60.2 Å². The molecule has 0 saturated heterocycles. The van der Waals surface area contributed by atoms with E-state index in [-0.39, 0.29) is 12.4 Å². The highest BCUT2D eigenvalue weighted by Gasteiger charge is 2.25. The van der Waals surface area contributed by atoms with Crippen molar-refractivity contribution < 1.29 is 22.7 Å². The molecule has 2 aromatic heterocycles. The van der Waals surface area contributed by atoms with Gasteiger partial charge in [0.2, 0.25) is 10.0 Å². The van der Waals surface area contributed by atoms with Crippen LogP contribution in [0.3, 0.4) is 0 Å². The maximum absolute atomic E-state index is 12.6. The first kappa shape index (κ1) is 20.4. The van der Waals surface area contributed by atoms with E-state index in [0.29, 0.717) is 41.2 Å². The summed E-state index contributed by atoms with van der Waals surface area (Å²) in [6.07, 6.45) is 6.21. The van der Waals surface area contributed by atoms with E-state index in [9.17, 15) is 18.0 Å². The first-order valence-corrected chi connectivity index (χ1v) is 12.1. The van der Waals surface area contributed by atoms with Gasteiger partial charge >= 0.3 is 5.97 Å². The van der Waals surface area contributed by atoms with Gasteiger partial charge in [0.15, 0.2) is 12.4 Å². The molecular weight excluding hydrogens is 424 g/mol. The molecule has 9 heteroatoms. The van der Waals surface area contributed by atoms with Crippen LogP contribution in [0, 0.1) is 0 Å². The van der Waals surface area contributed by atoms with Crippen LogP contribution in [-0.4, -0.2) is 44.1 Å². The number of thiophene rings is 1. The molecule has 0 bridgehead atoms. The zero-order chi connectivity index (χ0) is 21.3. The molecule has 30 heavy (non-hydrogen) atoms. The van der Waals surface area contributed by atoms with Crippen molar-refractivity contribution in [1.29, 1.82) is 0 Å². The average molecular weight is 445 g/mol. The summed E-state index contributed by atoms with van der Waals surface area (Å²) in [6.45, 7) is 0.0533. The van der Waals surface area contributed by atoms with Crippen molar-refractivity contribution in [1.82, 2.24) is 4.57 Å². The van der Waals surface area contributed by atoms with Gasteiger partial charge in [-0.2, -0.15) is 0 Å². The molecule has 3 aromatic rings. The topological polar surface area (TPSA) is 85.7 Å². The first-order chi connectivity index (χ1) is 14.3. The van der Waals surface area contributed by atoms with Gasteiger partial charge in [-0.15, -0.1) is 11.3 Å². The van der Waals surface area contributed by atoms with E-state index in [1.54, 1.807) is 23.6 Å². The number of carbonyl (C=O) groups is 2. The van der Waals surface area contributed by atoms with Crippen LogP contribution in [-0.2, 0) is 21.2 Å². The van der Waals surface area contributed by atoms with E-state index in [0.717, 1.165) is 5.56 Å². The summed E-state index contributed by atoms with van der Waals surface area (Å²) in [5, 5.41) is 1.80.